The molecule has 1 heterocycles. The predicted octanol–water partition coefficient (Wildman–Crippen LogP) is 2.88. The molecule has 1 N–H and O–H groups in total. The van der Waals surface area contributed by atoms with Crippen molar-refractivity contribution < 1.29 is 0 Å². The van der Waals surface area contributed by atoms with Gasteiger partial charge in [-0.1, -0.05) is 27.7 Å². The first-order valence-electron chi connectivity index (χ1n) is 4.80. The predicted molar refractivity (Wildman–Crippen MR) is 59.0 cm³/mol. The van der Waals surface area contributed by atoms with E-state index in [4.69, 9.17) is 0 Å². The lowest BCUT2D eigenvalue weighted by atomic mass is 10.4. The quantitative estimate of drug-likeness (QED) is 0.727. The highest BCUT2D eigenvalue weighted by Crippen LogP contribution is 2.02. The van der Waals surface area contributed by atoms with E-state index in [9.17, 15) is 0 Å². The van der Waals surface area contributed by atoms with Gasteiger partial charge in [0.25, 0.3) is 0 Å². The molecule has 3 heteroatoms. The number of rotatable bonds is 1. The molecule has 1 rings (SSSR count). The number of nitrogens with zero attached hydrogens (tertiary/aromatic N) is 2. The third kappa shape index (κ3) is 6.08. The second-order valence-electron chi connectivity index (χ2n) is 1.74. The van der Waals surface area contributed by atoms with Crippen LogP contribution in [0.2, 0.25) is 0 Å². The van der Waals surface area contributed by atoms with E-state index in [1.165, 1.54) is 0 Å². The maximum atomic E-state index is 4.02. The summed E-state index contributed by atoms with van der Waals surface area (Å²) >= 11 is 0. The molecule has 0 aliphatic carbocycles. The van der Waals surface area contributed by atoms with Gasteiger partial charge in [0, 0.05) is 19.4 Å². The molecule has 0 aliphatic heterocycles. The molecule has 1 aromatic rings. The standard InChI is InChI=1S/C6H9N3.2C2H6/c1-5-6(7-2)9-4-3-8-5;2*1-2/h3-4H,1-2H3,(H,7,9);2*1-2H3. The van der Waals surface area contributed by atoms with E-state index in [2.05, 4.69) is 15.3 Å². The Morgan fingerprint density at radius 1 is 1.00 bits per heavy atom. The zero-order valence-electron chi connectivity index (χ0n) is 9.55. The van der Waals surface area contributed by atoms with Crippen LogP contribution in [0.25, 0.3) is 0 Å². The Labute approximate surface area is 81.6 Å². The number of aryl methyl sites for hydroxylation is 1. The summed E-state index contributed by atoms with van der Waals surface area (Å²) in [5.74, 6) is 0.845. The monoisotopic (exact) mass is 183 g/mol. The van der Waals surface area contributed by atoms with Crippen LogP contribution in [-0.2, 0) is 0 Å². The molecule has 76 valence electrons. The summed E-state index contributed by atoms with van der Waals surface area (Å²) < 4.78 is 0. The number of nitrogens with one attached hydrogen (secondary N) is 1. The van der Waals surface area contributed by atoms with Gasteiger partial charge in [0.15, 0.2) is 0 Å². The van der Waals surface area contributed by atoms with E-state index in [-0.39, 0.29) is 0 Å². The molecule has 0 saturated heterocycles. The minimum atomic E-state index is 0.845. The van der Waals surface area contributed by atoms with Crippen LogP contribution in [0.4, 0.5) is 5.82 Å². The molecule has 0 aromatic carbocycles. The van der Waals surface area contributed by atoms with Crippen molar-refractivity contribution in [2.45, 2.75) is 34.6 Å². The molecular weight excluding hydrogens is 162 g/mol. The summed E-state index contributed by atoms with van der Waals surface area (Å²) in [6, 6.07) is 0. The van der Waals surface area contributed by atoms with Crippen LogP contribution in [0.15, 0.2) is 12.4 Å². The molecule has 0 fully saturated rings. The van der Waals surface area contributed by atoms with Crippen molar-refractivity contribution in [2.75, 3.05) is 12.4 Å². The fourth-order valence-corrected chi connectivity index (χ4v) is 0.653. The van der Waals surface area contributed by atoms with Crippen LogP contribution < -0.4 is 5.32 Å². The highest BCUT2D eigenvalue weighted by Gasteiger charge is 1.92. The molecular formula is C10H21N3. The van der Waals surface area contributed by atoms with Gasteiger partial charge in [-0.3, -0.25) is 4.98 Å². The SMILES string of the molecule is CC.CC.CNc1nccnc1C. The highest BCUT2D eigenvalue weighted by atomic mass is 15.0. The minimum Gasteiger partial charge on any atom is -0.372 e. The van der Waals surface area contributed by atoms with Gasteiger partial charge in [0.05, 0.1) is 5.69 Å². The Morgan fingerprint density at radius 3 is 1.77 bits per heavy atom. The first-order valence-corrected chi connectivity index (χ1v) is 4.80. The molecule has 0 saturated carbocycles. The largest absolute Gasteiger partial charge is 0.372 e. The summed E-state index contributed by atoms with van der Waals surface area (Å²) in [6.45, 7) is 9.92. The van der Waals surface area contributed by atoms with Gasteiger partial charge in [-0.05, 0) is 6.92 Å². The zero-order valence-corrected chi connectivity index (χ0v) is 9.55. The molecule has 0 aliphatic rings. The first kappa shape index (κ1) is 14.4. The topological polar surface area (TPSA) is 37.8 Å². The molecule has 0 amide bonds. The number of hydrogen-bond donors (Lipinski definition) is 1. The Balaban J connectivity index is 0. The first-order chi connectivity index (χ1) is 6.34. The summed E-state index contributed by atoms with van der Waals surface area (Å²) in [7, 11) is 1.83. The summed E-state index contributed by atoms with van der Waals surface area (Å²) in [6.07, 6.45) is 3.34. The normalized spacial score (nSPS) is 7.23. The molecule has 13 heavy (non-hydrogen) atoms. The lowest BCUT2D eigenvalue weighted by Gasteiger charge is -1.98. The average molecular weight is 183 g/mol. The van der Waals surface area contributed by atoms with Crippen LogP contribution in [-0.4, -0.2) is 17.0 Å². The van der Waals surface area contributed by atoms with E-state index >= 15 is 0 Å². The van der Waals surface area contributed by atoms with Crippen molar-refractivity contribution in [3.05, 3.63) is 18.1 Å². The lowest BCUT2D eigenvalue weighted by molar-refractivity contribution is 1.11. The highest BCUT2D eigenvalue weighted by molar-refractivity contribution is 5.36. The van der Waals surface area contributed by atoms with Crippen molar-refractivity contribution in [3.63, 3.8) is 0 Å². The molecule has 0 bridgehead atoms. The van der Waals surface area contributed by atoms with Gasteiger partial charge in [-0.2, -0.15) is 0 Å². The minimum absolute atomic E-state index is 0.845. The van der Waals surface area contributed by atoms with Crippen molar-refractivity contribution in [1.82, 2.24) is 9.97 Å². The van der Waals surface area contributed by atoms with E-state index in [1.54, 1.807) is 12.4 Å². The van der Waals surface area contributed by atoms with E-state index in [0.29, 0.717) is 0 Å². The Morgan fingerprint density at radius 2 is 1.46 bits per heavy atom. The fourth-order valence-electron chi connectivity index (χ4n) is 0.653. The summed E-state index contributed by atoms with van der Waals surface area (Å²) in [5, 5.41) is 2.92. The molecule has 0 radical (unpaired) electrons. The van der Waals surface area contributed by atoms with E-state index in [1.807, 2.05) is 41.7 Å². The van der Waals surface area contributed by atoms with Crippen molar-refractivity contribution in [2.24, 2.45) is 0 Å². The van der Waals surface area contributed by atoms with E-state index in [0.717, 1.165) is 11.5 Å². The smallest absolute Gasteiger partial charge is 0.147 e. The van der Waals surface area contributed by atoms with E-state index < -0.39 is 0 Å². The maximum Gasteiger partial charge on any atom is 0.147 e. The van der Waals surface area contributed by atoms with Crippen LogP contribution >= 0.6 is 0 Å². The number of anilines is 1. The van der Waals surface area contributed by atoms with Crippen molar-refractivity contribution >= 4 is 5.82 Å². The fraction of sp³-hybridized carbons (Fsp3) is 0.600. The molecule has 0 unspecified atom stereocenters. The Bertz CT molecular complexity index is 199. The number of aromatic nitrogens is 2. The average Bonchev–Trinajstić information content (AvgIpc) is 2.24. The Kier molecular flexibility index (Phi) is 12.1. The van der Waals surface area contributed by atoms with Crippen molar-refractivity contribution in [1.29, 1.82) is 0 Å². The summed E-state index contributed by atoms with van der Waals surface area (Å²) in [5.41, 5.74) is 0.931. The van der Waals surface area contributed by atoms with Gasteiger partial charge in [-0.25, -0.2) is 4.98 Å². The van der Waals surface area contributed by atoms with Gasteiger partial charge in [-0.15, -0.1) is 0 Å². The molecule has 3 nitrogen and oxygen atoms in total. The lowest BCUT2D eigenvalue weighted by Crippen LogP contribution is -1.95. The van der Waals surface area contributed by atoms with Gasteiger partial charge in [0.2, 0.25) is 0 Å². The van der Waals surface area contributed by atoms with Crippen LogP contribution in [0.1, 0.15) is 33.4 Å². The van der Waals surface area contributed by atoms with Gasteiger partial charge < -0.3 is 5.32 Å². The number of hydrogen-bond acceptors (Lipinski definition) is 3. The van der Waals surface area contributed by atoms with Crippen molar-refractivity contribution in [3.8, 4) is 0 Å². The molecule has 1 aromatic heterocycles. The third-order valence-electron chi connectivity index (χ3n) is 1.12. The Hall–Kier alpha value is -1.12. The van der Waals surface area contributed by atoms with Gasteiger partial charge in [0.1, 0.15) is 5.82 Å². The van der Waals surface area contributed by atoms with Crippen LogP contribution in [0.3, 0.4) is 0 Å². The zero-order chi connectivity index (χ0) is 10.7. The molecule has 0 spiro atoms. The second-order valence-corrected chi connectivity index (χ2v) is 1.74. The van der Waals surface area contributed by atoms with Gasteiger partial charge >= 0.3 is 0 Å². The third-order valence-corrected chi connectivity index (χ3v) is 1.12. The molecule has 0 atom stereocenters. The maximum absolute atomic E-state index is 4.02. The second kappa shape index (κ2) is 10.9. The van der Waals surface area contributed by atoms with Crippen LogP contribution in [0, 0.1) is 6.92 Å². The summed E-state index contributed by atoms with van der Waals surface area (Å²) in [4.78, 5) is 8.05. The van der Waals surface area contributed by atoms with Crippen LogP contribution in [0.5, 0.6) is 0 Å².